The van der Waals surface area contributed by atoms with Gasteiger partial charge in [0.1, 0.15) is 5.25 Å². The number of carbonyl (C=O) groups excluding carboxylic acids is 1. The molecule has 94 valence electrons. The Morgan fingerprint density at radius 3 is 2.78 bits per heavy atom. The van der Waals surface area contributed by atoms with Gasteiger partial charge in [0, 0.05) is 13.3 Å². The lowest BCUT2D eigenvalue weighted by Crippen LogP contribution is -2.20. The molecule has 0 aliphatic heterocycles. The van der Waals surface area contributed by atoms with Gasteiger partial charge in [-0.1, -0.05) is 23.9 Å². The summed E-state index contributed by atoms with van der Waals surface area (Å²) in [6.07, 6.45) is 0.277. The normalized spacial score (nSPS) is 12.5. The molecule has 6 heteroatoms. The molecular formula is C12H11NO3S2. The van der Waals surface area contributed by atoms with E-state index in [4.69, 9.17) is 5.11 Å². The van der Waals surface area contributed by atoms with Gasteiger partial charge in [0.05, 0.1) is 15.2 Å². The molecule has 0 aliphatic rings. The van der Waals surface area contributed by atoms with Crippen LogP contribution >= 0.6 is 23.1 Å². The Labute approximate surface area is 112 Å². The first-order valence-electron chi connectivity index (χ1n) is 5.30. The number of para-hydroxylation sites is 1. The summed E-state index contributed by atoms with van der Waals surface area (Å²) in [5.41, 5.74) is 0.870. The zero-order chi connectivity index (χ0) is 13.1. The Hall–Kier alpha value is -1.40. The van der Waals surface area contributed by atoms with E-state index in [1.807, 2.05) is 24.3 Å². The second-order valence-electron chi connectivity index (χ2n) is 3.72. The van der Waals surface area contributed by atoms with Crippen molar-refractivity contribution in [1.29, 1.82) is 0 Å². The molecule has 0 saturated heterocycles. The first kappa shape index (κ1) is 13.0. The number of nitrogens with zero attached hydrogens (tertiary/aromatic N) is 1. The summed E-state index contributed by atoms with van der Waals surface area (Å²) in [7, 11) is 0. The number of hydrogen-bond acceptors (Lipinski definition) is 5. The summed E-state index contributed by atoms with van der Waals surface area (Å²) in [5.74, 6) is -0.977. The average Bonchev–Trinajstić information content (AvgIpc) is 2.69. The molecule has 0 fully saturated rings. The van der Waals surface area contributed by atoms with E-state index in [1.165, 1.54) is 18.3 Å². The summed E-state index contributed by atoms with van der Waals surface area (Å²) < 4.78 is 1.03. The first-order chi connectivity index (χ1) is 8.56. The Bertz CT molecular complexity index is 561. The van der Waals surface area contributed by atoms with Crippen LogP contribution in [0.2, 0.25) is 0 Å². The number of aliphatic carboxylic acids is 1. The largest absolute Gasteiger partial charge is 0.480 e. The Morgan fingerprint density at radius 2 is 2.17 bits per heavy atom. The third-order valence-electron chi connectivity index (χ3n) is 2.28. The smallest absolute Gasteiger partial charge is 0.317 e. The number of carbonyl (C=O) groups is 2. The van der Waals surface area contributed by atoms with Crippen LogP contribution in [0.15, 0.2) is 24.3 Å². The maximum atomic E-state index is 11.1. The van der Waals surface area contributed by atoms with Gasteiger partial charge >= 0.3 is 5.97 Å². The Kier molecular flexibility index (Phi) is 3.98. The molecule has 18 heavy (non-hydrogen) atoms. The molecule has 2 aromatic rings. The lowest BCUT2D eigenvalue weighted by Gasteiger charge is -2.06. The fourth-order valence-electron chi connectivity index (χ4n) is 1.55. The summed E-state index contributed by atoms with van der Waals surface area (Å²) in [6, 6.07) is 7.65. The fourth-order valence-corrected chi connectivity index (χ4v) is 3.41. The molecule has 1 aromatic heterocycles. The highest BCUT2D eigenvalue weighted by atomic mass is 32.2. The van der Waals surface area contributed by atoms with E-state index < -0.39 is 11.2 Å². The highest BCUT2D eigenvalue weighted by molar-refractivity contribution is 8.14. The van der Waals surface area contributed by atoms with Crippen molar-refractivity contribution in [2.24, 2.45) is 0 Å². The molecule has 0 unspecified atom stereocenters. The van der Waals surface area contributed by atoms with Crippen molar-refractivity contribution in [3.63, 3.8) is 0 Å². The van der Waals surface area contributed by atoms with Crippen LogP contribution in [-0.2, 0) is 16.0 Å². The van der Waals surface area contributed by atoms with E-state index in [0.29, 0.717) is 0 Å². The fraction of sp³-hybridized carbons (Fsp3) is 0.250. The van der Waals surface area contributed by atoms with Gasteiger partial charge in [0.2, 0.25) is 0 Å². The molecule has 1 heterocycles. The molecule has 0 radical (unpaired) electrons. The van der Waals surface area contributed by atoms with Gasteiger partial charge in [-0.2, -0.15) is 0 Å². The molecule has 4 nitrogen and oxygen atoms in total. The zero-order valence-corrected chi connectivity index (χ0v) is 11.3. The van der Waals surface area contributed by atoms with Gasteiger partial charge in [-0.05, 0) is 12.1 Å². The number of aromatic nitrogens is 1. The minimum absolute atomic E-state index is 0.191. The third-order valence-corrected chi connectivity index (χ3v) is 4.33. The molecule has 0 aliphatic carbocycles. The van der Waals surface area contributed by atoms with Gasteiger partial charge in [-0.15, -0.1) is 11.3 Å². The first-order valence-corrected chi connectivity index (χ1v) is 7.00. The van der Waals surface area contributed by atoms with E-state index in [9.17, 15) is 9.59 Å². The topological polar surface area (TPSA) is 67.3 Å². The Morgan fingerprint density at radius 1 is 1.44 bits per heavy atom. The molecule has 0 amide bonds. The van der Waals surface area contributed by atoms with Crippen molar-refractivity contribution >= 4 is 44.4 Å². The number of rotatable bonds is 4. The van der Waals surface area contributed by atoms with Gasteiger partial charge in [0.15, 0.2) is 5.12 Å². The van der Waals surface area contributed by atoms with Gasteiger partial charge < -0.3 is 5.11 Å². The number of thiazole rings is 1. The predicted octanol–water partition coefficient (Wildman–Crippen LogP) is 2.57. The predicted molar refractivity (Wildman–Crippen MR) is 73.0 cm³/mol. The maximum Gasteiger partial charge on any atom is 0.317 e. The second kappa shape index (κ2) is 5.49. The van der Waals surface area contributed by atoms with Crippen molar-refractivity contribution in [3.05, 3.63) is 29.3 Å². The van der Waals surface area contributed by atoms with E-state index >= 15 is 0 Å². The van der Waals surface area contributed by atoms with Gasteiger partial charge in [0.25, 0.3) is 0 Å². The van der Waals surface area contributed by atoms with Crippen molar-refractivity contribution in [2.75, 3.05) is 0 Å². The molecule has 0 saturated carbocycles. The SMILES string of the molecule is CC(=O)S[C@@H](Cc1nc2ccccc2s1)C(=O)O. The molecule has 0 spiro atoms. The van der Waals surface area contributed by atoms with Crippen LogP contribution in [0.4, 0.5) is 0 Å². The van der Waals surface area contributed by atoms with Crippen LogP contribution in [0.5, 0.6) is 0 Å². The van der Waals surface area contributed by atoms with Crippen LogP contribution in [-0.4, -0.2) is 26.4 Å². The van der Waals surface area contributed by atoms with Crippen molar-refractivity contribution < 1.29 is 14.7 Å². The minimum atomic E-state index is -0.977. The summed E-state index contributed by atoms with van der Waals surface area (Å²) >= 11 is 2.31. The maximum absolute atomic E-state index is 11.1. The quantitative estimate of drug-likeness (QED) is 0.933. The number of fused-ring (bicyclic) bond motifs is 1. The van der Waals surface area contributed by atoms with E-state index in [1.54, 1.807) is 0 Å². The number of carboxylic acid groups (broad SMARTS) is 1. The lowest BCUT2D eigenvalue weighted by atomic mass is 10.3. The monoisotopic (exact) mass is 281 g/mol. The molecule has 2 rings (SSSR count). The van der Waals surface area contributed by atoms with Crippen molar-refractivity contribution in [3.8, 4) is 0 Å². The van der Waals surface area contributed by atoms with Crippen LogP contribution in [0.25, 0.3) is 10.2 Å². The van der Waals surface area contributed by atoms with Crippen molar-refractivity contribution in [1.82, 2.24) is 4.98 Å². The number of carboxylic acids is 1. The van der Waals surface area contributed by atoms with Crippen molar-refractivity contribution in [2.45, 2.75) is 18.6 Å². The highest BCUT2D eigenvalue weighted by Crippen LogP contribution is 2.25. The Balaban J connectivity index is 2.20. The number of benzene rings is 1. The van der Waals surface area contributed by atoms with Crippen LogP contribution in [0, 0.1) is 0 Å². The summed E-state index contributed by atoms with van der Waals surface area (Å²) in [6.45, 7) is 1.37. The van der Waals surface area contributed by atoms with E-state index in [-0.39, 0.29) is 11.5 Å². The van der Waals surface area contributed by atoms with Crippen LogP contribution < -0.4 is 0 Å². The number of hydrogen-bond donors (Lipinski definition) is 1. The van der Waals surface area contributed by atoms with E-state index in [0.717, 1.165) is 27.0 Å². The average molecular weight is 281 g/mol. The molecule has 1 N–H and O–H groups in total. The molecule has 1 atom stereocenters. The second-order valence-corrected chi connectivity index (χ2v) is 6.21. The van der Waals surface area contributed by atoms with Gasteiger partial charge in [-0.25, -0.2) is 4.98 Å². The third kappa shape index (κ3) is 3.08. The van der Waals surface area contributed by atoms with Crippen LogP contribution in [0.3, 0.4) is 0 Å². The summed E-state index contributed by atoms with van der Waals surface area (Å²) in [4.78, 5) is 26.4. The lowest BCUT2D eigenvalue weighted by molar-refractivity contribution is -0.136. The zero-order valence-electron chi connectivity index (χ0n) is 9.62. The number of thioether (sulfide) groups is 1. The van der Waals surface area contributed by atoms with Gasteiger partial charge in [-0.3, -0.25) is 9.59 Å². The molecular weight excluding hydrogens is 270 g/mol. The highest BCUT2D eigenvalue weighted by Gasteiger charge is 2.22. The summed E-state index contributed by atoms with van der Waals surface area (Å²) in [5, 5.41) is 8.86. The molecule has 0 bridgehead atoms. The minimum Gasteiger partial charge on any atom is -0.480 e. The van der Waals surface area contributed by atoms with E-state index in [2.05, 4.69) is 4.98 Å². The molecule has 1 aromatic carbocycles. The van der Waals surface area contributed by atoms with Crippen LogP contribution in [0.1, 0.15) is 11.9 Å². The standard InChI is InChI=1S/C12H11NO3S2/c1-7(14)17-10(12(15)16)6-11-13-8-4-2-3-5-9(8)18-11/h2-5,10H,6H2,1H3,(H,15,16)/t10-/m0/s1.